The summed E-state index contributed by atoms with van der Waals surface area (Å²) >= 11 is 0. The fraction of sp³-hybridized carbons (Fsp3) is 0.0185. The van der Waals surface area contributed by atoms with E-state index >= 15 is 0 Å². The zero-order chi connectivity index (χ0) is 39.6. The van der Waals surface area contributed by atoms with Crippen molar-refractivity contribution < 1.29 is 8.83 Å². The molecule has 0 amide bonds. The van der Waals surface area contributed by atoms with Crippen molar-refractivity contribution >= 4 is 66.5 Å². The molecular formula is C54H34N4O2. The zero-order valence-corrected chi connectivity index (χ0v) is 32.2. The van der Waals surface area contributed by atoms with Gasteiger partial charge in [0.2, 0.25) is 0 Å². The molecule has 0 radical (unpaired) electrons. The summed E-state index contributed by atoms with van der Waals surface area (Å²) in [6.45, 7) is 0. The molecule has 0 fully saturated rings. The van der Waals surface area contributed by atoms with Crippen molar-refractivity contribution in [3.8, 4) is 33.5 Å². The Bertz CT molecular complexity index is 3490. The lowest BCUT2D eigenvalue weighted by Crippen LogP contribution is -2.33. The second kappa shape index (κ2) is 13.8. The minimum atomic E-state index is -0.306. The van der Waals surface area contributed by atoms with Crippen LogP contribution in [0.2, 0.25) is 0 Å². The highest BCUT2D eigenvalue weighted by Crippen LogP contribution is 2.41. The molecule has 3 aromatic heterocycles. The Labute approximate surface area is 344 Å². The van der Waals surface area contributed by atoms with Crippen LogP contribution in [-0.2, 0) is 0 Å². The highest BCUT2D eigenvalue weighted by atomic mass is 16.3. The summed E-state index contributed by atoms with van der Waals surface area (Å²) in [5.74, 6) is 1.43. The van der Waals surface area contributed by atoms with Crippen LogP contribution in [0.15, 0.2) is 213 Å². The molecule has 1 unspecified atom stereocenters. The van der Waals surface area contributed by atoms with Crippen molar-refractivity contribution in [1.82, 2.24) is 10.3 Å². The Morgan fingerprint density at radius 1 is 0.433 bits per heavy atom. The van der Waals surface area contributed by atoms with Crippen LogP contribution in [0.3, 0.4) is 0 Å². The predicted molar refractivity (Wildman–Crippen MR) is 244 cm³/mol. The van der Waals surface area contributed by atoms with Gasteiger partial charge in [0.25, 0.3) is 0 Å². The maximum absolute atomic E-state index is 6.58. The van der Waals surface area contributed by atoms with E-state index in [9.17, 15) is 0 Å². The first kappa shape index (κ1) is 34.0. The van der Waals surface area contributed by atoms with Crippen molar-refractivity contribution in [2.75, 3.05) is 0 Å². The Hall–Kier alpha value is -8.09. The van der Waals surface area contributed by atoms with Gasteiger partial charge < -0.3 is 14.2 Å². The van der Waals surface area contributed by atoms with Crippen molar-refractivity contribution in [2.45, 2.75) is 6.17 Å². The zero-order valence-electron chi connectivity index (χ0n) is 32.2. The Morgan fingerprint density at radius 2 is 1.07 bits per heavy atom. The van der Waals surface area contributed by atoms with Crippen LogP contribution in [0.5, 0.6) is 0 Å². The van der Waals surface area contributed by atoms with Crippen molar-refractivity contribution in [3.63, 3.8) is 0 Å². The first-order valence-electron chi connectivity index (χ1n) is 20.1. The number of nitrogens with one attached hydrogen (secondary N) is 1. The van der Waals surface area contributed by atoms with E-state index in [1.54, 1.807) is 0 Å². The fourth-order valence-electron chi connectivity index (χ4n) is 8.58. The van der Waals surface area contributed by atoms with Gasteiger partial charge >= 0.3 is 0 Å². The van der Waals surface area contributed by atoms with Crippen molar-refractivity contribution in [3.05, 3.63) is 211 Å². The molecule has 60 heavy (non-hydrogen) atoms. The number of nitrogens with zero attached hydrogens (tertiary/aromatic N) is 3. The van der Waals surface area contributed by atoms with E-state index in [1.165, 1.54) is 0 Å². The fourth-order valence-corrected chi connectivity index (χ4v) is 8.58. The van der Waals surface area contributed by atoms with Crippen LogP contribution >= 0.6 is 0 Å². The van der Waals surface area contributed by atoms with E-state index in [4.69, 9.17) is 23.8 Å². The maximum atomic E-state index is 6.58. The van der Waals surface area contributed by atoms with Gasteiger partial charge in [-0.2, -0.15) is 0 Å². The van der Waals surface area contributed by atoms with Crippen LogP contribution in [0.4, 0.5) is 0 Å². The summed E-state index contributed by atoms with van der Waals surface area (Å²) < 4.78 is 12.9. The number of para-hydroxylation sites is 3. The molecule has 282 valence electrons. The van der Waals surface area contributed by atoms with Gasteiger partial charge in [-0.3, -0.25) is 0 Å². The molecule has 4 heterocycles. The van der Waals surface area contributed by atoms with Crippen LogP contribution in [0, 0.1) is 0 Å². The summed E-state index contributed by atoms with van der Waals surface area (Å²) in [5, 5.41) is 9.06. The second-order valence-electron chi connectivity index (χ2n) is 15.2. The molecule has 6 nitrogen and oxygen atoms in total. The van der Waals surface area contributed by atoms with Gasteiger partial charge in [-0.05, 0) is 46.5 Å². The summed E-state index contributed by atoms with van der Waals surface area (Å²) in [5.41, 5.74) is 13.5. The maximum Gasteiger partial charge on any atom is 0.162 e. The third kappa shape index (κ3) is 5.69. The third-order valence-electron chi connectivity index (χ3n) is 11.6. The van der Waals surface area contributed by atoms with E-state index in [0.717, 1.165) is 111 Å². The molecule has 8 aromatic carbocycles. The van der Waals surface area contributed by atoms with Crippen LogP contribution in [0.25, 0.3) is 88.3 Å². The van der Waals surface area contributed by atoms with E-state index in [1.807, 2.05) is 54.6 Å². The van der Waals surface area contributed by atoms with Gasteiger partial charge in [0.1, 0.15) is 34.4 Å². The highest BCUT2D eigenvalue weighted by Gasteiger charge is 2.22. The SMILES string of the molecule is c1ccc(-c2nc3ccccc3c3c2oc2ccc(-c4ccc(C5=NC(c6ccccc6)NC(c6ccc(-c7cccc8c7oc7ccccc78)cc6)=N5)cc4)cc23)cc1. The van der Waals surface area contributed by atoms with Crippen LogP contribution in [0.1, 0.15) is 22.9 Å². The van der Waals surface area contributed by atoms with Crippen molar-refractivity contribution in [1.29, 1.82) is 0 Å². The second-order valence-corrected chi connectivity index (χ2v) is 15.2. The molecule has 1 N–H and O–H groups in total. The molecule has 0 spiro atoms. The quantitative estimate of drug-likeness (QED) is 0.183. The van der Waals surface area contributed by atoms with E-state index in [2.05, 4.69) is 145 Å². The molecule has 6 heteroatoms. The van der Waals surface area contributed by atoms with E-state index < -0.39 is 0 Å². The van der Waals surface area contributed by atoms with E-state index in [0.29, 0.717) is 5.84 Å². The Balaban J connectivity index is 0.904. The first-order valence-corrected chi connectivity index (χ1v) is 20.1. The summed E-state index contributed by atoms with van der Waals surface area (Å²) in [6.07, 6.45) is -0.306. The summed E-state index contributed by atoms with van der Waals surface area (Å²) in [4.78, 5) is 15.3. The first-order chi connectivity index (χ1) is 29.7. The van der Waals surface area contributed by atoms with Crippen LogP contribution in [-0.4, -0.2) is 16.7 Å². The van der Waals surface area contributed by atoms with Gasteiger partial charge in [-0.1, -0.05) is 170 Å². The number of pyridine rings is 1. The molecule has 1 aliphatic rings. The number of hydrogen-bond acceptors (Lipinski definition) is 6. The number of aliphatic imine (C=N–C) groups is 2. The largest absolute Gasteiger partial charge is 0.455 e. The van der Waals surface area contributed by atoms with Crippen LogP contribution < -0.4 is 5.32 Å². The highest BCUT2D eigenvalue weighted by molar-refractivity contribution is 6.21. The number of hydrogen-bond donors (Lipinski definition) is 1. The topological polar surface area (TPSA) is 75.9 Å². The van der Waals surface area contributed by atoms with Gasteiger partial charge in [-0.25, -0.2) is 15.0 Å². The minimum Gasteiger partial charge on any atom is -0.455 e. The molecule has 1 atom stereocenters. The molecule has 0 saturated heterocycles. The van der Waals surface area contributed by atoms with Gasteiger partial charge in [-0.15, -0.1) is 0 Å². The third-order valence-corrected chi connectivity index (χ3v) is 11.6. The lowest BCUT2D eigenvalue weighted by atomic mass is 9.99. The molecule has 12 rings (SSSR count). The smallest absolute Gasteiger partial charge is 0.162 e. The molecule has 0 aliphatic carbocycles. The molecular weight excluding hydrogens is 737 g/mol. The number of benzene rings is 8. The minimum absolute atomic E-state index is 0.306. The predicted octanol–water partition coefficient (Wildman–Crippen LogP) is 13.5. The number of amidine groups is 2. The van der Waals surface area contributed by atoms with Gasteiger partial charge in [0, 0.05) is 49.2 Å². The summed E-state index contributed by atoms with van der Waals surface area (Å²) in [7, 11) is 0. The van der Waals surface area contributed by atoms with E-state index in [-0.39, 0.29) is 6.17 Å². The molecule has 0 bridgehead atoms. The van der Waals surface area contributed by atoms with Gasteiger partial charge in [0.15, 0.2) is 11.4 Å². The number of aromatic nitrogens is 1. The lowest BCUT2D eigenvalue weighted by Gasteiger charge is -2.23. The Morgan fingerprint density at radius 3 is 1.90 bits per heavy atom. The molecule has 11 aromatic rings. The van der Waals surface area contributed by atoms with Crippen molar-refractivity contribution in [2.24, 2.45) is 9.98 Å². The molecule has 0 saturated carbocycles. The number of furan rings is 2. The average molecular weight is 771 g/mol. The number of fused-ring (bicyclic) bond motifs is 8. The Kier molecular flexibility index (Phi) is 7.81. The standard InChI is InChI=1S/C54H34N4O2/c1-3-12-35(13-4-1)49-51-48(43-17-7-9-20-45(43)55-49)44-32-39(30-31-47(44)60-51)33-22-26-37(27-23-33)53-56-52(36-14-5-2-6-15-36)57-54(58-53)38-28-24-34(25-29-38)40-18-11-19-42-41-16-8-10-21-46(41)59-50(40)42/h1-32,52H,(H,56,57,58). The normalized spacial score (nSPS) is 14.2. The number of rotatable bonds is 6. The lowest BCUT2D eigenvalue weighted by molar-refractivity contribution is 0.668. The average Bonchev–Trinajstić information content (AvgIpc) is 3.91. The van der Waals surface area contributed by atoms with Gasteiger partial charge in [0.05, 0.1) is 5.52 Å². The molecule has 1 aliphatic heterocycles. The monoisotopic (exact) mass is 770 g/mol. The summed E-state index contributed by atoms with van der Waals surface area (Å²) in [6, 6.07) is 66.9.